The highest BCUT2D eigenvalue weighted by molar-refractivity contribution is 6.02. The van der Waals surface area contributed by atoms with Crippen LogP contribution in [0.3, 0.4) is 0 Å². The number of aromatic amines is 1. The van der Waals surface area contributed by atoms with Crippen LogP contribution in [0.25, 0.3) is 5.69 Å². The molecule has 3 heterocycles. The Morgan fingerprint density at radius 2 is 1.69 bits per heavy atom. The van der Waals surface area contributed by atoms with Crippen LogP contribution in [0.5, 0.6) is 5.75 Å². The highest BCUT2D eigenvalue weighted by Gasteiger charge is 2.30. The number of benzene rings is 2. The predicted molar refractivity (Wildman–Crippen MR) is 129 cm³/mol. The minimum absolute atomic E-state index is 0.00411. The number of anilines is 1. The average molecular weight is 475 g/mol. The van der Waals surface area contributed by atoms with E-state index in [1.807, 2.05) is 6.92 Å². The zero-order valence-electron chi connectivity index (χ0n) is 19.5. The Labute approximate surface area is 201 Å². The SMILES string of the molecule is Cc1c[nH]c(=O)n1-c1ccc(C(=O)N2CCC(C(=O)c3ccc4c(c3)NC(=O)C(C)O4)CC2)cc1. The Morgan fingerprint density at radius 3 is 2.34 bits per heavy atom. The van der Waals surface area contributed by atoms with Crippen LogP contribution in [0, 0.1) is 12.8 Å². The quantitative estimate of drug-likeness (QED) is 0.565. The third kappa shape index (κ3) is 4.25. The Hall–Kier alpha value is -4.14. The summed E-state index contributed by atoms with van der Waals surface area (Å²) in [5, 5.41) is 2.78. The van der Waals surface area contributed by atoms with Crippen molar-refractivity contribution < 1.29 is 19.1 Å². The van der Waals surface area contributed by atoms with E-state index in [1.165, 1.54) is 0 Å². The van der Waals surface area contributed by atoms with E-state index < -0.39 is 6.10 Å². The van der Waals surface area contributed by atoms with Gasteiger partial charge in [-0.15, -0.1) is 0 Å². The number of nitrogens with one attached hydrogen (secondary N) is 2. The van der Waals surface area contributed by atoms with Gasteiger partial charge in [-0.3, -0.25) is 19.0 Å². The Morgan fingerprint density at radius 1 is 1.00 bits per heavy atom. The minimum atomic E-state index is -0.567. The third-order valence-corrected chi connectivity index (χ3v) is 6.68. The molecular weight excluding hydrogens is 448 g/mol. The van der Waals surface area contributed by atoms with Crippen molar-refractivity contribution in [3.8, 4) is 11.4 Å². The van der Waals surface area contributed by atoms with Crippen molar-refractivity contribution in [1.82, 2.24) is 14.5 Å². The second-order valence-electron chi connectivity index (χ2n) is 9.01. The van der Waals surface area contributed by atoms with Gasteiger partial charge in [0.2, 0.25) is 0 Å². The van der Waals surface area contributed by atoms with Gasteiger partial charge in [-0.1, -0.05) is 0 Å². The number of ketones is 1. The fraction of sp³-hybridized carbons (Fsp3) is 0.308. The van der Waals surface area contributed by atoms with Crippen molar-refractivity contribution in [2.75, 3.05) is 18.4 Å². The minimum Gasteiger partial charge on any atom is -0.479 e. The first kappa shape index (κ1) is 22.6. The van der Waals surface area contributed by atoms with Gasteiger partial charge in [0.15, 0.2) is 11.9 Å². The summed E-state index contributed by atoms with van der Waals surface area (Å²) in [7, 11) is 0. The number of Topliss-reactive ketones (excluding diaryl/α,β-unsaturated/α-hetero) is 1. The molecular formula is C26H26N4O5. The molecule has 1 aromatic heterocycles. The number of hydrogen-bond donors (Lipinski definition) is 2. The summed E-state index contributed by atoms with van der Waals surface area (Å²) in [4.78, 5) is 54.4. The van der Waals surface area contributed by atoms with Crippen LogP contribution in [-0.2, 0) is 4.79 Å². The molecule has 5 rings (SSSR count). The maximum absolute atomic E-state index is 13.1. The van der Waals surface area contributed by atoms with Gasteiger partial charge in [0, 0.05) is 42.0 Å². The molecule has 180 valence electrons. The van der Waals surface area contributed by atoms with Crippen LogP contribution in [-0.4, -0.2) is 51.2 Å². The molecule has 2 amide bonds. The van der Waals surface area contributed by atoms with Gasteiger partial charge in [0.05, 0.1) is 11.4 Å². The summed E-state index contributed by atoms with van der Waals surface area (Å²) in [6.45, 7) is 4.47. The second kappa shape index (κ2) is 8.90. The zero-order valence-corrected chi connectivity index (χ0v) is 19.5. The van der Waals surface area contributed by atoms with E-state index in [0.29, 0.717) is 54.2 Å². The number of carbonyl (C=O) groups is 3. The number of amides is 2. The molecule has 0 spiro atoms. The zero-order chi connectivity index (χ0) is 24.7. The smallest absolute Gasteiger partial charge is 0.330 e. The fourth-order valence-corrected chi connectivity index (χ4v) is 4.65. The lowest BCUT2D eigenvalue weighted by atomic mass is 9.88. The van der Waals surface area contributed by atoms with Gasteiger partial charge in [-0.2, -0.15) is 0 Å². The van der Waals surface area contributed by atoms with Crippen molar-refractivity contribution in [2.45, 2.75) is 32.8 Å². The van der Waals surface area contributed by atoms with Crippen molar-refractivity contribution in [3.63, 3.8) is 0 Å². The average Bonchev–Trinajstić information content (AvgIpc) is 3.21. The number of nitrogens with zero attached hydrogens (tertiary/aromatic N) is 2. The number of imidazole rings is 1. The van der Waals surface area contributed by atoms with E-state index >= 15 is 0 Å². The first-order valence-electron chi connectivity index (χ1n) is 11.6. The lowest BCUT2D eigenvalue weighted by molar-refractivity contribution is -0.122. The monoisotopic (exact) mass is 474 g/mol. The van der Waals surface area contributed by atoms with Crippen LogP contribution in [0.15, 0.2) is 53.5 Å². The number of ether oxygens (including phenoxy) is 1. The molecule has 0 radical (unpaired) electrons. The molecule has 1 saturated heterocycles. The number of piperidine rings is 1. The molecule has 2 aliphatic heterocycles. The van der Waals surface area contributed by atoms with Gasteiger partial charge in [-0.05, 0) is 69.2 Å². The molecule has 9 heteroatoms. The molecule has 2 aliphatic rings. The lowest BCUT2D eigenvalue weighted by Crippen LogP contribution is -2.40. The summed E-state index contributed by atoms with van der Waals surface area (Å²) in [5.74, 6) is 0.0312. The van der Waals surface area contributed by atoms with Crippen molar-refractivity contribution in [3.05, 3.63) is 76.0 Å². The van der Waals surface area contributed by atoms with Crippen LogP contribution >= 0.6 is 0 Å². The number of rotatable bonds is 4. The second-order valence-corrected chi connectivity index (χ2v) is 9.01. The van der Waals surface area contributed by atoms with Gasteiger partial charge >= 0.3 is 5.69 Å². The largest absolute Gasteiger partial charge is 0.479 e. The molecule has 3 aromatic rings. The number of aryl methyl sites for hydroxylation is 1. The first-order chi connectivity index (χ1) is 16.8. The topological polar surface area (TPSA) is 114 Å². The van der Waals surface area contributed by atoms with E-state index in [4.69, 9.17) is 4.74 Å². The van der Waals surface area contributed by atoms with E-state index in [2.05, 4.69) is 10.3 Å². The molecule has 0 aliphatic carbocycles. The first-order valence-corrected chi connectivity index (χ1v) is 11.6. The molecule has 0 saturated carbocycles. The lowest BCUT2D eigenvalue weighted by Gasteiger charge is -2.31. The van der Waals surface area contributed by atoms with E-state index in [0.717, 1.165) is 5.69 Å². The van der Waals surface area contributed by atoms with Gasteiger partial charge in [-0.25, -0.2) is 4.79 Å². The number of aromatic nitrogens is 2. The number of H-pyrrole nitrogens is 1. The molecule has 2 aromatic carbocycles. The van der Waals surface area contributed by atoms with Crippen molar-refractivity contribution in [1.29, 1.82) is 0 Å². The number of fused-ring (bicyclic) bond motifs is 1. The van der Waals surface area contributed by atoms with Crippen molar-refractivity contribution in [2.24, 2.45) is 5.92 Å². The normalized spacial score (nSPS) is 17.9. The molecule has 1 atom stereocenters. The van der Waals surface area contributed by atoms with Crippen molar-refractivity contribution >= 4 is 23.3 Å². The predicted octanol–water partition coefficient (Wildman–Crippen LogP) is 2.93. The summed E-state index contributed by atoms with van der Waals surface area (Å²) in [5.41, 5.74) is 2.82. The van der Waals surface area contributed by atoms with Gasteiger partial charge < -0.3 is 19.9 Å². The molecule has 35 heavy (non-hydrogen) atoms. The molecule has 2 N–H and O–H groups in total. The number of hydrogen-bond acceptors (Lipinski definition) is 5. The van der Waals surface area contributed by atoms with E-state index in [9.17, 15) is 19.2 Å². The van der Waals surface area contributed by atoms with Crippen LogP contribution in [0.4, 0.5) is 5.69 Å². The molecule has 9 nitrogen and oxygen atoms in total. The van der Waals surface area contributed by atoms with Gasteiger partial charge in [0.25, 0.3) is 11.8 Å². The maximum Gasteiger partial charge on any atom is 0.330 e. The molecule has 1 unspecified atom stereocenters. The molecule has 0 bridgehead atoms. The van der Waals surface area contributed by atoms with Crippen LogP contribution in [0.2, 0.25) is 0 Å². The summed E-state index contributed by atoms with van der Waals surface area (Å²) < 4.78 is 7.11. The van der Waals surface area contributed by atoms with E-state index in [-0.39, 0.29) is 29.2 Å². The number of carbonyl (C=O) groups excluding carboxylic acids is 3. The summed E-state index contributed by atoms with van der Waals surface area (Å²) in [6.07, 6.45) is 2.21. The molecule has 1 fully saturated rings. The maximum atomic E-state index is 13.1. The highest BCUT2D eigenvalue weighted by atomic mass is 16.5. The Kier molecular flexibility index (Phi) is 5.76. The Balaban J connectivity index is 1.22. The van der Waals surface area contributed by atoms with Crippen LogP contribution < -0.4 is 15.7 Å². The highest BCUT2D eigenvalue weighted by Crippen LogP contribution is 2.32. The standard InChI is InChI=1S/C26H26N4O5/c1-15-14-27-26(34)30(15)20-6-3-18(4-7-20)25(33)29-11-9-17(10-12-29)23(31)19-5-8-22-21(13-19)28-24(32)16(2)35-22/h3-8,13-14,16-17H,9-12H2,1-2H3,(H,27,34)(H,28,32). The third-order valence-electron chi connectivity index (χ3n) is 6.68. The summed E-state index contributed by atoms with van der Waals surface area (Å²) in [6, 6.07) is 12.1. The van der Waals surface area contributed by atoms with Crippen LogP contribution in [0.1, 0.15) is 46.2 Å². The Bertz CT molecular complexity index is 1360. The fourth-order valence-electron chi connectivity index (χ4n) is 4.65. The van der Waals surface area contributed by atoms with E-state index in [1.54, 1.807) is 65.1 Å². The van der Waals surface area contributed by atoms with Gasteiger partial charge in [0.1, 0.15) is 5.75 Å². The number of likely N-dealkylation sites (tertiary alicyclic amines) is 1. The summed E-state index contributed by atoms with van der Waals surface area (Å²) >= 11 is 0.